The van der Waals surface area contributed by atoms with Crippen molar-refractivity contribution < 1.29 is 23.8 Å². The molecule has 158 valence electrons. The second-order valence-corrected chi connectivity index (χ2v) is 6.81. The van der Waals surface area contributed by atoms with Crippen LogP contribution in [0.25, 0.3) is 6.08 Å². The summed E-state index contributed by atoms with van der Waals surface area (Å²) < 4.78 is 16.0. The van der Waals surface area contributed by atoms with Gasteiger partial charge in [-0.15, -0.1) is 0 Å². The summed E-state index contributed by atoms with van der Waals surface area (Å²) in [7, 11) is 4.67. The van der Waals surface area contributed by atoms with E-state index in [-0.39, 0.29) is 18.4 Å². The van der Waals surface area contributed by atoms with Crippen LogP contribution in [0.3, 0.4) is 0 Å². The number of anilines is 1. The van der Waals surface area contributed by atoms with Gasteiger partial charge in [0.25, 0.3) is 0 Å². The van der Waals surface area contributed by atoms with Gasteiger partial charge in [0.1, 0.15) is 5.75 Å². The molecule has 2 aromatic carbocycles. The summed E-state index contributed by atoms with van der Waals surface area (Å²) in [5, 5.41) is 2.84. The number of methoxy groups -OCH3 is 3. The average molecular weight is 410 g/mol. The fourth-order valence-electron chi connectivity index (χ4n) is 3.33. The highest BCUT2D eigenvalue weighted by molar-refractivity contribution is 5.95. The number of ether oxygens (including phenoxy) is 3. The van der Waals surface area contributed by atoms with Gasteiger partial charge in [0, 0.05) is 42.9 Å². The third kappa shape index (κ3) is 4.92. The zero-order chi connectivity index (χ0) is 21.5. The Hall–Kier alpha value is -3.48. The van der Waals surface area contributed by atoms with Crippen molar-refractivity contribution in [2.45, 2.75) is 19.4 Å². The molecule has 3 rings (SSSR count). The topological polar surface area (TPSA) is 77.1 Å². The molecule has 0 unspecified atom stereocenters. The molecule has 7 heteroatoms. The second-order valence-electron chi connectivity index (χ2n) is 6.81. The Morgan fingerprint density at radius 2 is 1.70 bits per heavy atom. The first kappa shape index (κ1) is 21.2. The van der Waals surface area contributed by atoms with E-state index in [2.05, 4.69) is 5.32 Å². The third-order valence-corrected chi connectivity index (χ3v) is 4.95. The van der Waals surface area contributed by atoms with Crippen molar-refractivity contribution >= 4 is 23.6 Å². The number of carbonyl (C=O) groups is 2. The van der Waals surface area contributed by atoms with Gasteiger partial charge in [0.15, 0.2) is 11.5 Å². The normalized spacial score (nSPS) is 13.6. The molecule has 1 saturated heterocycles. The predicted molar refractivity (Wildman–Crippen MR) is 115 cm³/mol. The number of nitrogens with zero attached hydrogens (tertiary/aromatic N) is 1. The number of rotatable bonds is 8. The lowest BCUT2D eigenvalue weighted by atomic mass is 10.1. The fourth-order valence-corrected chi connectivity index (χ4v) is 3.33. The molecule has 0 atom stereocenters. The van der Waals surface area contributed by atoms with Crippen molar-refractivity contribution in [2.24, 2.45) is 0 Å². The van der Waals surface area contributed by atoms with Crippen molar-refractivity contribution in [3.8, 4) is 17.2 Å². The highest BCUT2D eigenvalue weighted by Crippen LogP contribution is 2.34. The van der Waals surface area contributed by atoms with Gasteiger partial charge < -0.3 is 24.4 Å². The molecular weight excluding hydrogens is 384 g/mol. The van der Waals surface area contributed by atoms with Gasteiger partial charge in [0.05, 0.1) is 21.3 Å². The van der Waals surface area contributed by atoms with Crippen LogP contribution >= 0.6 is 0 Å². The molecule has 0 spiro atoms. The minimum absolute atomic E-state index is 0.156. The Bertz CT molecular complexity index is 937. The van der Waals surface area contributed by atoms with E-state index in [4.69, 9.17) is 14.2 Å². The molecule has 0 aliphatic carbocycles. The van der Waals surface area contributed by atoms with Crippen LogP contribution in [0.4, 0.5) is 5.69 Å². The number of amides is 2. The first-order chi connectivity index (χ1) is 14.5. The lowest BCUT2D eigenvalue weighted by Crippen LogP contribution is -2.23. The molecule has 1 fully saturated rings. The molecule has 1 aliphatic heterocycles. The van der Waals surface area contributed by atoms with Gasteiger partial charge in [0.2, 0.25) is 11.8 Å². The molecule has 30 heavy (non-hydrogen) atoms. The summed E-state index contributed by atoms with van der Waals surface area (Å²) in [6.45, 7) is 1.04. The predicted octanol–water partition coefficient (Wildman–Crippen LogP) is 3.17. The van der Waals surface area contributed by atoms with Gasteiger partial charge >= 0.3 is 0 Å². The molecule has 0 radical (unpaired) electrons. The van der Waals surface area contributed by atoms with E-state index in [1.54, 1.807) is 44.4 Å². The van der Waals surface area contributed by atoms with Crippen LogP contribution in [-0.2, 0) is 16.1 Å². The van der Waals surface area contributed by atoms with Gasteiger partial charge in [-0.1, -0.05) is 12.1 Å². The number of nitrogens with one attached hydrogen (secondary N) is 1. The van der Waals surface area contributed by atoms with Crippen LogP contribution in [0.15, 0.2) is 42.5 Å². The van der Waals surface area contributed by atoms with Gasteiger partial charge in [-0.3, -0.25) is 9.59 Å². The lowest BCUT2D eigenvalue weighted by molar-refractivity contribution is -0.117. The summed E-state index contributed by atoms with van der Waals surface area (Å²) in [5.74, 6) is 1.65. The average Bonchev–Trinajstić information content (AvgIpc) is 3.21. The van der Waals surface area contributed by atoms with E-state index in [9.17, 15) is 9.59 Å². The lowest BCUT2D eigenvalue weighted by Gasteiger charge is -2.15. The quantitative estimate of drug-likeness (QED) is 0.677. The fraction of sp³-hybridized carbons (Fsp3) is 0.304. The van der Waals surface area contributed by atoms with Gasteiger partial charge in [-0.05, 0) is 36.3 Å². The number of carbonyl (C=O) groups excluding carboxylic acids is 2. The molecule has 0 aromatic heterocycles. The zero-order valence-electron chi connectivity index (χ0n) is 17.4. The van der Waals surface area contributed by atoms with Crippen molar-refractivity contribution in [3.63, 3.8) is 0 Å². The Labute approximate surface area is 176 Å². The van der Waals surface area contributed by atoms with Crippen LogP contribution in [0, 0.1) is 0 Å². The molecule has 1 heterocycles. The zero-order valence-corrected chi connectivity index (χ0v) is 17.4. The minimum atomic E-state index is -0.231. The molecule has 7 nitrogen and oxygen atoms in total. The van der Waals surface area contributed by atoms with E-state index >= 15 is 0 Å². The van der Waals surface area contributed by atoms with Crippen molar-refractivity contribution in [1.29, 1.82) is 0 Å². The number of hydrogen-bond donors (Lipinski definition) is 1. The minimum Gasteiger partial charge on any atom is -0.496 e. The summed E-state index contributed by atoms with van der Waals surface area (Å²) >= 11 is 0. The maximum absolute atomic E-state index is 12.2. The van der Waals surface area contributed by atoms with Crippen molar-refractivity contribution in [3.05, 3.63) is 53.6 Å². The Morgan fingerprint density at radius 3 is 2.30 bits per heavy atom. The van der Waals surface area contributed by atoms with Crippen LogP contribution in [0.2, 0.25) is 0 Å². The second kappa shape index (κ2) is 9.82. The van der Waals surface area contributed by atoms with Crippen LogP contribution in [0.1, 0.15) is 24.0 Å². The SMILES string of the molecule is COc1cc(OC)c(OC)cc1CNC(=O)/C=C/c1ccc(N2CCCC2=O)cc1. The molecule has 1 aliphatic rings. The highest BCUT2D eigenvalue weighted by Gasteiger charge is 2.21. The van der Waals surface area contributed by atoms with E-state index in [1.165, 1.54) is 6.08 Å². The first-order valence-corrected chi connectivity index (χ1v) is 9.71. The standard InChI is InChI=1S/C23H26N2O5/c1-28-19-14-21(30-3)20(29-2)13-17(19)15-24-22(26)11-8-16-6-9-18(10-7-16)25-12-4-5-23(25)27/h6-11,13-14H,4-5,12,15H2,1-3H3,(H,24,26)/b11-8+. The van der Waals surface area contributed by atoms with Crippen LogP contribution in [-0.4, -0.2) is 39.7 Å². The summed E-state index contributed by atoms with van der Waals surface area (Å²) in [5.41, 5.74) is 2.54. The molecule has 1 N–H and O–H groups in total. The summed E-state index contributed by atoms with van der Waals surface area (Å²) in [6, 6.07) is 11.1. The maximum Gasteiger partial charge on any atom is 0.244 e. The molecule has 0 saturated carbocycles. The molecule has 2 amide bonds. The van der Waals surface area contributed by atoms with Crippen LogP contribution in [0.5, 0.6) is 17.2 Å². The third-order valence-electron chi connectivity index (χ3n) is 4.95. The monoisotopic (exact) mass is 410 g/mol. The van der Waals surface area contributed by atoms with E-state index < -0.39 is 0 Å². The van der Waals surface area contributed by atoms with E-state index in [0.29, 0.717) is 23.7 Å². The number of hydrogen-bond acceptors (Lipinski definition) is 5. The smallest absolute Gasteiger partial charge is 0.244 e. The highest BCUT2D eigenvalue weighted by atomic mass is 16.5. The van der Waals surface area contributed by atoms with Crippen LogP contribution < -0.4 is 24.4 Å². The largest absolute Gasteiger partial charge is 0.496 e. The summed E-state index contributed by atoms with van der Waals surface area (Å²) in [4.78, 5) is 25.8. The van der Waals surface area contributed by atoms with Crippen molar-refractivity contribution in [1.82, 2.24) is 5.32 Å². The van der Waals surface area contributed by atoms with E-state index in [1.807, 2.05) is 24.3 Å². The summed E-state index contributed by atoms with van der Waals surface area (Å²) in [6.07, 6.45) is 4.71. The van der Waals surface area contributed by atoms with E-state index in [0.717, 1.165) is 29.8 Å². The Balaban J connectivity index is 1.60. The van der Waals surface area contributed by atoms with Crippen molar-refractivity contribution in [2.75, 3.05) is 32.8 Å². The van der Waals surface area contributed by atoms with Gasteiger partial charge in [-0.2, -0.15) is 0 Å². The molecule has 2 aromatic rings. The molecular formula is C23H26N2O5. The Morgan fingerprint density at radius 1 is 1.03 bits per heavy atom. The first-order valence-electron chi connectivity index (χ1n) is 9.71. The molecule has 0 bridgehead atoms. The number of benzene rings is 2. The Kier molecular flexibility index (Phi) is 6.95. The van der Waals surface area contributed by atoms with Gasteiger partial charge in [-0.25, -0.2) is 0 Å². The maximum atomic E-state index is 12.2.